The highest BCUT2D eigenvalue weighted by Crippen LogP contribution is 2.25. The Labute approximate surface area is 112 Å². The van der Waals surface area contributed by atoms with E-state index in [0.717, 1.165) is 10.9 Å². The summed E-state index contributed by atoms with van der Waals surface area (Å²) in [6.45, 7) is 0. The van der Waals surface area contributed by atoms with Crippen molar-refractivity contribution < 1.29 is 4.52 Å². The molecular weight excluding hydrogens is 256 g/mol. The minimum Gasteiger partial charge on any atom is -0.332 e. The third-order valence-corrected chi connectivity index (χ3v) is 2.89. The van der Waals surface area contributed by atoms with Gasteiger partial charge in [0.1, 0.15) is 5.69 Å². The van der Waals surface area contributed by atoms with Crippen LogP contribution in [0.15, 0.2) is 47.4 Å². The maximum atomic E-state index is 5.26. The number of para-hydroxylation sites is 1. The first-order valence-corrected chi connectivity index (χ1v) is 5.95. The van der Waals surface area contributed by atoms with Gasteiger partial charge in [0, 0.05) is 17.8 Å². The van der Waals surface area contributed by atoms with Crippen molar-refractivity contribution in [2.24, 2.45) is 0 Å². The van der Waals surface area contributed by atoms with Gasteiger partial charge < -0.3 is 4.52 Å². The zero-order valence-electron chi connectivity index (χ0n) is 10.2. The van der Waals surface area contributed by atoms with Crippen LogP contribution in [0.25, 0.3) is 34.0 Å². The summed E-state index contributed by atoms with van der Waals surface area (Å²) in [6, 6.07) is 7.75. The van der Waals surface area contributed by atoms with E-state index in [9.17, 15) is 0 Å². The molecule has 0 atom stereocenters. The molecule has 7 nitrogen and oxygen atoms in total. The van der Waals surface area contributed by atoms with Crippen molar-refractivity contribution in [3.8, 4) is 23.1 Å². The van der Waals surface area contributed by atoms with Crippen LogP contribution in [-0.4, -0.2) is 30.3 Å². The number of rotatable bonds is 2. The largest absolute Gasteiger partial charge is 0.332 e. The summed E-state index contributed by atoms with van der Waals surface area (Å²) < 4.78 is 5.26. The van der Waals surface area contributed by atoms with Gasteiger partial charge in [-0.2, -0.15) is 10.1 Å². The molecule has 0 saturated heterocycles. The van der Waals surface area contributed by atoms with Crippen LogP contribution >= 0.6 is 0 Å². The van der Waals surface area contributed by atoms with Crippen molar-refractivity contribution in [2.75, 3.05) is 0 Å². The van der Waals surface area contributed by atoms with Gasteiger partial charge in [0.2, 0.25) is 5.82 Å². The maximum absolute atomic E-state index is 5.26. The van der Waals surface area contributed by atoms with Crippen molar-refractivity contribution in [2.45, 2.75) is 0 Å². The summed E-state index contributed by atoms with van der Waals surface area (Å²) >= 11 is 0. The molecule has 4 rings (SSSR count). The molecule has 0 amide bonds. The van der Waals surface area contributed by atoms with E-state index in [1.54, 1.807) is 18.6 Å². The molecule has 1 N–H and O–H groups in total. The van der Waals surface area contributed by atoms with Gasteiger partial charge in [0.25, 0.3) is 5.89 Å². The van der Waals surface area contributed by atoms with Gasteiger partial charge in [0.15, 0.2) is 5.69 Å². The van der Waals surface area contributed by atoms with E-state index in [1.807, 2.05) is 24.3 Å². The Balaban J connectivity index is 1.82. The molecule has 0 radical (unpaired) electrons. The highest BCUT2D eigenvalue weighted by molar-refractivity contribution is 5.90. The second-order valence-corrected chi connectivity index (χ2v) is 4.13. The van der Waals surface area contributed by atoms with E-state index >= 15 is 0 Å². The van der Waals surface area contributed by atoms with Crippen LogP contribution in [0.2, 0.25) is 0 Å². The van der Waals surface area contributed by atoms with Crippen molar-refractivity contribution in [3.05, 3.63) is 42.9 Å². The minimum absolute atomic E-state index is 0.350. The lowest BCUT2D eigenvalue weighted by atomic mass is 10.2. The SMILES string of the molecule is c1ccc2c(-c3nc(-c4cnccn4)no3)n[nH]c2c1. The molecule has 0 aliphatic rings. The molecule has 0 aliphatic carbocycles. The summed E-state index contributed by atoms with van der Waals surface area (Å²) in [5.41, 5.74) is 2.10. The molecule has 3 heterocycles. The molecule has 0 fully saturated rings. The highest BCUT2D eigenvalue weighted by Gasteiger charge is 2.16. The number of benzene rings is 1. The summed E-state index contributed by atoms with van der Waals surface area (Å²) in [7, 11) is 0. The predicted octanol–water partition coefficient (Wildman–Crippen LogP) is 2.07. The summed E-state index contributed by atoms with van der Waals surface area (Å²) in [4.78, 5) is 12.4. The highest BCUT2D eigenvalue weighted by atomic mass is 16.5. The van der Waals surface area contributed by atoms with E-state index in [-0.39, 0.29) is 0 Å². The molecule has 7 heteroatoms. The second-order valence-electron chi connectivity index (χ2n) is 4.13. The molecule has 0 bridgehead atoms. The topological polar surface area (TPSA) is 93.4 Å². The van der Waals surface area contributed by atoms with Crippen LogP contribution in [0, 0.1) is 0 Å². The predicted molar refractivity (Wildman–Crippen MR) is 70.4 cm³/mol. The summed E-state index contributed by atoms with van der Waals surface area (Å²) in [5.74, 6) is 0.739. The number of fused-ring (bicyclic) bond motifs is 1. The second kappa shape index (κ2) is 4.23. The Morgan fingerprint density at radius 3 is 2.95 bits per heavy atom. The van der Waals surface area contributed by atoms with Crippen LogP contribution in [0.1, 0.15) is 0 Å². The molecule has 0 aliphatic heterocycles. The van der Waals surface area contributed by atoms with Crippen LogP contribution in [0.5, 0.6) is 0 Å². The molecular formula is C13H8N6O. The maximum Gasteiger partial charge on any atom is 0.279 e. The zero-order chi connectivity index (χ0) is 13.4. The van der Waals surface area contributed by atoms with Gasteiger partial charge in [-0.25, -0.2) is 4.98 Å². The normalized spacial score (nSPS) is 11.0. The lowest BCUT2D eigenvalue weighted by molar-refractivity contribution is 0.431. The Hall–Kier alpha value is -3.09. The first kappa shape index (κ1) is 10.8. The van der Waals surface area contributed by atoms with Gasteiger partial charge in [-0.1, -0.05) is 23.4 Å². The first-order chi connectivity index (χ1) is 9.92. The Morgan fingerprint density at radius 2 is 2.05 bits per heavy atom. The lowest BCUT2D eigenvalue weighted by Gasteiger charge is -1.89. The van der Waals surface area contributed by atoms with E-state index in [4.69, 9.17) is 4.52 Å². The quantitative estimate of drug-likeness (QED) is 0.595. The van der Waals surface area contributed by atoms with Gasteiger partial charge in [0.05, 0.1) is 11.7 Å². The molecule has 4 aromatic rings. The number of hydrogen-bond donors (Lipinski definition) is 1. The van der Waals surface area contributed by atoms with E-state index in [1.165, 1.54) is 0 Å². The van der Waals surface area contributed by atoms with Crippen molar-refractivity contribution in [1.29, 1.82) is 0 Å². The average molecular weight is 264 g/mol. The van der Waals surface area contributed by atoms with Crippen LogP contribution in [-0.2, 0) is 0 Å². The fourth-order valence-corrected chi connectivity index (χ4v) is 1.96. The Morgan fingerprint density at radius 1 is 1.10 bits per heavy atom. The van der Waals surface area contributed by atoms with E-state index in [2.05, 4.69) is 30.3 Å². The summed E-state index contributed by atoms with van der Waals surface area (Å²) in [6.07, 6.45) is 4.75. The van der Waals surface area contributed by atoms with Crippen molar-refractivity contribution in [3.63, 3.8) is 0 Å². The molecule has 0 unspecified atom stereocenters. The van der Waals surface area contributed by atoms with Crippen LogP contribution in [0.3, 0.4) is 0 Å². The molecule has 3 aromatic heterocycles. The average Bonchev–Trinajstić information content (AvgIpc) is 3.14. The van der Waals surface area contributed by atoms with Crippen LogP contribution in [0.4, 0.5) is 0 Å². The van der Waals surface area contributed by atoms with E-state index in [0.29, 0.717) is 23.1 Å². The third kappa shape index (κ3) is 1.64. The number of H-pyrrole nitrogens is 1. The Kier molecular flexibility index (Phi) is 2.28. The number of hydrogen-bond acceptors (Lipinski definition) is 6. The number of aromatic amines is 1. The fourth-order valence-electron chi connectivity index (χ4n) is 1.96. The smallest absolute Gasteiger partial charge is 0.279 e. The lowest BCUT2D eigenvalue weighted by Crippen LogP contribution is -1.86. The van der Waals surface area contributed by atoms with Crippen molar-refractivity contribution in [1.82, 2.24) is 30.3 Å². The number of nitrogens with one attached hydrogen (secondary N) is 1. The number of aromatic nitrogens is 6. The molecule has 0 saturated carbocycles. The Bertz CT molecular complexity index is 867. The van der Waals surface area contributed by atoms with E-state index < -0.39 is 0 Å². The summed E-state index contributed by atoms with van der Waals surface area (Å²) in [5, 5.41) is 12.0. The van der Waals surface area contributed by atoms with Crippen LogP contribution < -0.4 is 0 Å². The van der Waals surface area contributed by atoms with Gasteiger partial charge in [-0.3, -0.25) is 10.1 Å². The third-order valence-electron chi connectivity index (χ3n) is 2.89. The standard InChI is InChI=1S/C13H8N6O/c1-2-4-9-8(3-1)11(18-17-9)13-16-12(19-20-13)10-7-14-5-6-15-10/h1-7H,(H,17,18). The molecule has 20 heavy (non-hydrogen) atoms. The monoisotopic (exact) mass is 264 g/mol. The molecule has 0 spiro atoms. The first-order valence-electron chi connectivity index (χ1n) is 5.95. The van der Waals surface area contributed by atoms with Gasteiger partial charge in [-0.15, -0.1) is 0 Å². The van der Waals surface area contributed by atoms with Gasteiger partial charge >= 0.3 is 0 Å². The molecule has 1 aromatic carbocycles. The zero-order valence-corrected chi connectivity index (χ0v) is 10.2. The number of nitrogens with zero attached hydrogens (tertiary/aromatic N) is 5. The molecule has 96 valence electrons. The minimum atomic E-state index is 0.350. The fraction of sp³-hybridized carbons (Fsp3) is 0. The van der Waals surface area contributed by atoms with Crippen molar-refractivity contribution >= 4 is 10.9 Å². The van der Waals surface area contributed by atoms with Gasteiger partial charge in [-0.05, 0) is 6.07 Å².